The second kappa shape index (κ2) is 8.41. The number of halogens is 1. The molecule has 0 saturated heterocycles. The van der Waals surface area contributed by atoms with Gasteiger partial charge in [-0.1, -0.05) is 29.8 Å². The molecule has 0 atom stereocenters. The lowest BCUT2D eigenvalue weighted by molar-refractivity contribution is 0.104. The molecule has 0 fully saturated rings. The van der Waals surface area contributed by atoms with E-state index in [-0.39, 0.29) is 5.78 Å². The van der Waals surface area contributed by atoms with Gasteiger partial charge in [0.15, 0.2) is 17.3 Å². The van der Waals surface area contributed by atoms with Crippen molar-refractivity contribution < 1.29 is 19.0 Å². The largest absolute Gasteiger partial charge is 0.497 e. The number of rotatable bonds is 7. The predicted molar refractivity (Wildman–Crippen MR) is 95.5 cm³/mol. The fourth-order valence-corrected chi connectivity index (χ4v) is 2.44. The third kappa shape index (κ3) is 4.30. The Morgan fingerprint density at radius 1 is 1.17 bits per heavy atom. The molecule has 5 heteroatoms. The van der Waals surface area contributed by atoms with Crippen molar-refractivity contribution in [1.29, 1.82) is 0 Å². The highest BCUT2D eigenvalue weighted by atomic mass is 35.5. The van der Waals surface area contributed by atoms with Crippen LogP contribution < -0.4 is 14.2 Å². The number of allylic oxidation sites excluding steroid dienone is 1. The molecule has 0 N–H and O–H groups in total. The molecule has 0 aliphatic heterocycles. The van der Waals surface area contributed by atoms with Crippen LogP contribution in [0.5, 0.6) is 17.2 Å². The highest BCUT2D eigenvalue weighted by Gasteiger charge is 2.11. The zero-order valence-electron chi connectivity index (χ0n) is 13.8. The minimum atomic E-state index is -0.127. The molecule has 2 aromatic rings. The predicted octanol–water partition coefficient (Wildman–Crippen LogP) is 4.65. The van der Waals surface area contributed by atoms with Gasteiger partial charge in [0.2, 0.25) is 0 Å². The maximum Gasteiger partial charge on any atom is 0.185 e. The van der Waals surface area contributed by atoms with Crippen molar-refractivity contribution in [3.63, 3.8) is 0 Å². The minimum absolute atomic E-state index is 0.127. The summed E-state index contributed by atoms with van der Waals surface area (Å²) in [4.78, 5) is 12.3. The normalized spacial score (nSPS) is 10.7. The van der Waals surface area contributed by atoms with Crippen LogP contribution in [-0.2, 0) is 0 Å². The highest BCUT2D eigenvalue weighted by Crippen LogP contribution is 2.36. The molecular formula is C19H19ClO4. The first-order chi connectivity index (χ1) is 11.6. The quantitative estimate of drug-likeness (QED) is 0.540. The van der Waals surface area contributed by atoms with Crippen LogP contribution in [0.2, 0.25) is 5.02 Å². The summed E-state index contributed by atoms with van der Waals surface area (Å²) in [5.74, 6) is 1.54. The summed E-state index contributed by atoms with van der Waals surface area (Å²) in [7, 11) is 3.11. The molecule has 0 amide bonds. The highest BCUT2D eigenvalue weighted by molar-refractivity contribution is 6.32. The van der Waals surface area contributed by atoms with E-state index in [0.29, 0.717) is 34.4 Å². The molecule has 126 valence electrons. The standard InChI is InChI=1S/C19H19ClO4/c1-4-24-19-16(20)10-13(11-18(19)23-3)8-9-17(21)14-6-5-7-15(12-14)22-2/h5-12H,4H2,1-3H3/b9-8+. The van der Waals surface area contributed by atoms with Crippen molar-refractivity contribution in [3.05, 3.63) is 58.6 Å². The Labute approximate surface area is 146 Å². The van der Waals surface area contributed by atoms with E-state index in [9.17, 15) is 4.79 Å². The van der Waals surface area contributed by atoms with Gasteiger partial charge in [-0.15, -0.1) is 0 Å². The van der Waals surface area contributed by atoms with Crippen LogP contribution in [0.3, 0.4) is 0 Å². The Morgan fingerprint density at radius 3 is 2.62 bits per heavy atom. The van der Waals surface area contributed by atoms with Crippen LogP contribution in [-0.4, -0.2) is 26.6 Å². The Balaban J connectivity index is 2.24. The molecule has 0 spiro atoms. The third-order valence-corrected chi connectivity index (χ3v) is 3.60. The fraction of sp³-hybridized carbons (Fsp3) is 0.211. The van der Waals surface area contributed by atoms with Gasteiger partial charge in [-0.2, -0.15) is 0 Å². The molecule has 0 heterocycles. The van der Waals surface area contributed by atoms with Gasteiger partial charge in [0.05, 0.1) is 25.8 Å². The van der Waals surface area contributed by atoms with E-state index >= 15 is 0 Å². The first-order valence-corrected chi connectivity index (χ1v) is 7.83. The number of hydrogen-bond acceptors (Lipinski definition) is 4. The fourth-order valence-electron chi connectivity index (χ4n) is 2.16. The maximum absolute atomic E-state index is 12.3. The van der Waals surface area contributed by atoms with E-state index in [0.717, 1.165) is 5.56 Å². The van der Waals surface area contributed by atoms with Crippen LogP contribution >= 0.6 is 11.6 Å². The Kier molecular flexibility index (Phi) is 6.27. The molecule has 0 saturated carbocycles. The Hall–Kier alpha value is -2.46. The van der Waals surface area contributed by atoms with Crippen LogP contribution in [0.1, 0.15) is 22.8 Å². The van der Waals surface area contributed by atoms with Gasteiger partial charge in [-0.3, -0.25) is 4.79 Å². The summed E-state index contributed by atoms with van der Waals surface area (Å²) < 4.78 is 15.9. The molecule has 2 aromatic carbocycles. The number of methoxy groups -OCH3 is 2. The lowest BCUT2D eigenvalue weighted by atomic mass is 10.1. The molecule has 4 nitrogen and oxygen atoms in total. The van der Waals surface area contributed by atoms with Crippen molar-refractivity contribution in [3.8, 4) is 17.2 Å². The molecule has 2 rings (SSSR count). The van der Waals surface area contributed by atoms with Crippen molar-refractivity contribution in [2.75, 3.05) is 20.8 Å². The lowest BCUT2D eigenvalue weighted by Gasteiger charge is -2.11. The SMILES string of the molecule is CCOc1c(Cl)cc(/C=C/C(=O)c2cccc(OC)c2)cc1OC. The van der Waals surface area contributed by atoms with E-state index in [1.165, 1.54) is 6.08 Å². The average Bonchev–Trinajstić information content (AvgIpc) is 2.61. The first-order valence-electron chi connectivity index (χ1n) is 7.45. The zero-order chi connectivity index (χ0) is 17.5. The summed E-state index contributed by atoms with van der Waals surface area (Å²) >= 11 is 6.22. The Morgan fingerprint density at radius 2 is 1.96 bits per heavy atom. The van der Waals surface area contributed by atoms with Gasteiger partial charge >= 0.3 is 0 Å². The van der Waals surface area contributed by atoms with Crippen molar-refractivity contribution in [2.45, 2.75) is 6.92 Å². The van der Waals surface area contributed by atoms with E-state index < -0.39 is 0 Å². The van der Waals surface area contributed by atoms with E-state index in [2.05, 4.69) is 0 Å². The number of carbonyl (C=O) groups excluding carboxylic acids is 1. The molecule has 0 aromatic heterocycles. The van der Waals surface area contributed by atoms with Crippen LogP contribution in [0, 0.1) is 0 Å². The summed E-state index contributed by atoms with van der Waals surface area (Å²) in [5.41, 5.74) is 1.30. The van der Waals surface area contributed by atoms with Gasteiger partial charge in [0.1, 0.15) is 5.75 Å². The van der Waals surface area contributed by atoms with Crippen molar-refractivity contribution in [1.82, 2.24) is 0 Å². The summed E-state index contributed by atoms with van der Waals surface area (Å²) in [5, 5.41) is 0.435. The van der Waals surface area contributed by atoms with Crippen LogP contribution in [0.4, 0.5) is 0 Å². The van der Waals surface area contributed by atoms with Crippen LogP contribution in [0.25, 0.3) is 6.08 Å². The zero-order valence-corrected chi connectivity index (χ0v) is 14.6. The molecule has 0 aliphatic rings. The second-order valence-electron chi connectivity index (χ2n) is 4.90. The number of hydrogen-bond donors (Lipinski definition) is 0. The van der Waals surface area contributed by atoms with Gasteiger partial charge in [-0.05, 0) is 42.8 Å². The van der Waals surface area contributed by atoms with E-state index in [4.69, 9.17) is 25.8 Å². The summed E-state index contributed by atoms with van der Waals surface area (Å²) in [6.07, 6.45) is 3.17. The van der Waals surface area contributed by atoms with Crippen molar-refractivity contribution in [2.24, 2.45) is 0 Å². The molecule has 0 radical (unpaired) electrons. The van der Waals surface area contributed by atoms with Crippen molar-refractivity contribution >= 4 is 23.5 Å². The van der Waals surface area contributed by atoms with Gasteiger partial charge in [0.25, 0.3) is 0 Å². The molecule has 0 bridgehead atoms. The number of ketones is 1. The number of carbonyl (C=O) groups is 1. The number of ether oxygens (including phenoxy) is 3. The molecule has 24 heavy (non-hydrogen) atoms. The average molecular weight is 347 g/mol. The van der Waals surface area contributed by atoms with E-state index in [1.54, 1.807) is 56.7 Å². The summed E-state index contributed by atoms with van der Waals surface area (Å²) in [6, 6.07) is 10.5. The minimum Gasteiger partial charge on any atom is -0.497 e. The van der Waals surface area contributed by atoms with Gasteiger partial charge < -0.3 is 14.2 Å². The molecular weight excluding hydrogens is 328 g/mol. The van der Waals surface area contributed by atoms with Gasteiger partial charge in [0, 0.05) is 5.56 Å². The number of benzene rings is 2. The van der Waals surface area contributed by atoms with E-state index in [1.807, 2.05) is 6.92 Å². The molecule has 0 unspecified atom stereocenters. The topological polar surface area (TPSA) is 44.8 Å². The molecule has 0 aliphatic carbocycles. The summed E-state index contributed by atoms with van der Waals surface area (Å²) in [6.45, 7) is 2.36. The maximum atomic E-state index is 12.3. The third-order valence-electron chi connectivity index (χ3n) is 3.32. The lowest BCUT2D eigenvalue weighted by Crippen LogP contribution is -1.97. The second-order valence-corrected chi connectivity index (χ2v) is 5.30. The first kappa shape index (κ1) is 17.9. The smallest absolute Gasteiger partial charge is 0.185 e. The Bertz CT molecular complexity index is 753. The monoisotopic (exact) mass is 346 g/mol. The van der Waals surface area contributed by atoms with Crippen LogP contribution in [0.15, 0.2) is 42.5 Å². The van der Waals surface area contributed by atoms with Gasteiger partial charge in [-0.25, -0.2) is 0 Å².